The first kappa shape index (κ1) is 12.6. The number of methoxy groups -OCH3 is 1. The van der Waals surface area contributed by atoms with E-state index in [9.17, 15) is 4.79 Å². The summed E-state index contributed by atoms with van der Waals surface area (Å²) in [5.74, 6) is 0.0433. The van der Waals surface area contributed by atoms with Crippen LogP contribution in [0.2, 0.25) is 0 Å². The summed E-state index contributed by atoms with van der Waals surface area (Å²) in [6.45, 7) is 4.23. The van der Waals surface area contributed by atoms with Gasteiger partial charge in [-0.15, -0.1) is 11.3 Å². The van der Waals surface area contributed by atoms with Crippen LogP contribution >= 0.6 is 27.3 Å². The molecule has 84 valence electrons. The number of aromatic nitrogens is 1. The van der Waals surface area contributed by atoms with Crippen LogP contribution in [0.4, 0.5) is 0 Å². The summed E-state index contributed by atoms with van der Waals surface area (Å²) >= 11 is 4.83. The van der Waals surface area contributed by atoms with Crippen LogP contribution in [-0.2, 0) is 4.74 Å². The maximum Gasteiger partial charge on any atom is 0.357 e. The highest BCUT2D eigenvalue weighted by Crippen LogP contribution is 2.34. The topological polar surface area (TPSA) is 39.2 Å². The molecule has 3 nitrogen and oxygen atoms in total. The largest absolute Gasteiger partial charge is 0.464 e. The maximum absolute atomic E-state index is 11.5. The van der Waals surface area contributed by atoms with Crippen LogP contribution in [0.15, 0.2) is 3.92 Å². The number of carbonyl (C=O) groups excluding carboxylic acids is 1. The third-order valence-electron chi connectivity index (χ3n) is 2.36. The number of hydrogen-bond donors (Lipinski definition) is 0. The molecule has 0 aliphatic rings. The molecule has 0 spiro atoms. The first-order valence-corrected chi connectivity index (χ1v) is 6.49. The fourth-order valence-corrected chi connectivity index (χ4v) is 3.23. The van der Waals surface area contributed by atoms with Gasteiger partial charge in [0.05, 0.1) is 7.11 Å². The van der Waals surface area contributed by atoms with Gasteiger partial charge in [0.25, 0.3) is 0 Å². The second kappa shape index (κ2) is 5.61. The van der Waals surface area contributed by atoms with Gasteiger partial charge in [0, 0.05) is 4.88 Å². The lowest BCUT2D eigenvalue weighted by Crippen LogP contribution is -2.07. The lowest BCUT2D eigenvalue weighted by atomic mass is 10.0. The summed E-state index contributed by atoms with van der Waals surface area (Å²) in [7, 11) is 1.38. The second-order valence-electron chi connectivity index (χ2n) is 3.18. The Balaban J connectivity index is 3.10. The summed E-state index contributed by atoms with van der Waals surface area (Å²) < 4.78 is 5.45. The highest BCUT2D eigenvalue weighted by Gasteiger charge is 2.22. The molecular formula is C10H14BrNO2S. The number of carbonyl (C=O) groups is 1. The van der Waals surface area contributed by atoms with Gasteiger partial charge in [0.2, 0.25) is 0 Å². The molecule has 5 heteroatoms. The number of thiazole rings is 1. The molecule has 1 rings (SSSR count). The van der Waals surface area contributed by atoms with Crippen molar-refractivity contribution < 1.29 is 9.53 Å². The molecule has 1 heterocycles. The Kier molecular flexibility index (Phi) is 4.73. The molecule has 0 N–H and O–H groups in total. The predicted octanol–water partition coefficient (Wildman–Crippen LogP) is 3.60. The standard InChI is InChI=1S/C10H14BrNO2S/c1-4-6(5-2)8-7(9(13)14-3)12-10(11)15-8/h6H,4-5H2,1-3H3. The van der Waals surface area contributed by atoms with Gasteiger partial charge in [-0.2, -0.15) is 0 Å². The zero-order chi connectivity index (χ0) is 11.4. The molecule has 0 radical (unpaired) electrons. The molecule has 0 amide bonds. The molecule has 0 fully saturated rings. The first-order chi connectivity index (χ1) is 7.13. The summed E-state index contributed by atoms with van der Waals surface area (Å²) in [6.07, 6.45) is 2.02. The number of rotatable bonds is 4. The Labute approximate surface area is 102 Å². The van der Waals surface area contributed by atoms with Crippen LogP contribution in [0.5, 0.6) is 0 Å². The van der Waals surface area contributed by atoms with Crippen molar-refractivity contribution in [1.82, 2.24) is 4.98 Å². The molecule has 0 bridgehead atoms. The number of halogens is 1. The van der Waals surface area contributed by atoms with E-state index >= 15 is 0 Å². The van der Waals surface area contributed by atoms with E-state index < -0.39 is 0 Å². The molecule has 0 aliphatic carbocycles. The minimum absolute atomic E-state index is 0.348. The summed E-state index contributed by atoms with van der Waals surface area (Å²) in [5, 5.41) is 0. The first-order valence-electron chi connectivity index (χ1n) is 4.88. The normalized spacial score (nSPS) is 10.7. The summed E-state index contributed by atoms with van der Waals surface area (Å²) in [5.41, 5.74) is 0.461. The van der Waals surface area contributed by atoms with Crippen LogP contribution < -0.4 is 0 Å². The number of esters is 1. The van der Waals surface area contributed by atoms with E-state index in [1.54, 1.807) is 0 Å². The zero-order valence-electron chi connectivity index (χ0n) is 9.04. The van der Waals surface area contributed by atoms with Crippen molar-refractivity contribution in [2.75, 3.05) is 7.11 Å². The van der Waals surface area contributed by atoms with Gasteiger partial charge in [-0.05, 0) is 34.7 Å². The molecule has 0 aromatic carbocycles. The van der Waals surface area contributed by atoms with Crippen LogP contribution in [0.1, 0.15) is 48.0 Å². The monoisotopic (exact) mass is 291 g/mol. The third kappa shape index (κ3) is 2.78. The lowest BCUT2D eigenvalue weighted by molar-refractivity contribution is 0.0593. The van der Waals surface area contributed by atoms with E-state index in [0.29, 0.717) is 11.6 Å². The molecule has 1 aromatic heterocycles. The molecule has 0 aliphatic heterocycles. The highest BCUT2D eigenvalue weighted by atomic mass is 79.9. The molecule has 0 saturated carbocycles. The van der Waals surface area contributed by atoms with Gasteiger partial charge < -0.3 is 4.74 Å². The van der Waals surface area contributed by atoms with Crippen molar-refractivity contribution in [1.29, 1.82) is 0 Å². The van der Waals surface area contributed by atoms with E-state index in [2.05, 4.69) is 34.8 Å². The van der Waals surface area contributed by atoms with E-state index in [4.69, 9.17) is 4.74 Å². The quantitative estimate of drug-likeness (QED) is 0.796. The van der Waals surface area contributed by atoms with Crippen LogP contribution in [0, 0.1) is 0 Å². The van der Waals surface area contributed by atoms with Gasteiger partial charge in [0.15, 0.2) is 9.61 Å². The van der Waals surface area contributed by atoms with Gasteiger partial charge in [-0.3, -0.25) is 0 Å². The lowest BCUT2D eigenvalue weighted by Gasteiger charge is -2.10. The van der Waals surface area contributed by atoms with Gasteiger partial charge in [-0.25, -0.2) is 9.78 Å². The minimum atomic E-state index is -0.348. The smallest absolute Gasteiger partial charge is 0.357 e. The number of hydrogen-bond acceptors (Lipinski definition) is 4. The van der Waals surface area contributed by atoms with Crippen molar-refractivity contribution in [3.8, 4) is 0 Å². The van der Waals surface area contributed by atoms with Crippen LogP contribution in [0.3, 0.4) is 0 Å². The Morgan fingerprint density at radius 1 is 1.53 bits per heavy atom. The zero-order valence-corrected chi connectivity index (χ0v) is 11.4. The van der Waals surface area contributed by atoms with Crippen LogP contribution in [-0.4, -0.2) is 18.1 Å². The fraction of sp³-hybridized carbons (Fsp3) is 0.600. The molecule has 0 unspecified atom stereocenters. The van der Waals surface area contributed by atoms with Crippen LogP contribution in [0.25, 0.3) is 0 Å². The van der Waals surface area contributed by atoms with Crippen molar-refractivity contribution in [3.05, 3.63) is 14.5 Å². The molecule has 1 aromatic rings. The average molecular weight is 292 g/mol. The SMILES string of the molecule is CCC(CC)c1sc(Br)nc1C(=O)OC. The van der Waals surface area contributed by atoms with Gasteiger partial charge in [-0.1, -0.05) is 13.8 Å². The minimum Gasteiger partial charge on any atom is -0.464 e. The number of nitrogens with zero attached hydrogens (tertiary/aromatic N) is 1. The highest BCUT2D eigenvalue weighted by molar-refractivity contribution is 9.11. The Morgan fingerprint density at radius 2 is 2.13 bits per heavy atom. The summed E-state index contributed by atoms with van der Waals surface area (Å²) in [6, 6.07) is 0. The van der Waals surface area contributed by atoms with Crippen molar-refractivity contribution in [2.24, 2.45) is 0 Å². The number of ether oxygens (including phenoxy) is 1. The third-order valence-corrected chi connectivity index (χ3v) is 4.03. The second-order valence-corrected chi connectivity index (χ2v) is 5.49. The predicted molar refractivity (Wildman–Crippen MR) is 64.5 cm³/mol. The van der Waals surface area contributed by atoms with E-state index in [-0.39, 0.29) is 5.97 Å². The molecule has 15 heavy (non-hydrogen) atoms. The van der Waals surface area contributed by atoms with Crippen molar-refractivity contribution in [3.63, 3.8) is 0 Å². The van der Waals surface area contributed by atoms with E-state index in [1.165, 1.54) is 18.4 Å². The average Bonchev–Trinajstić information content (AvgIpc) is 2.61. The Hall–Kier alpha value is -0.420. The Morgan fingerprint density at radius 3 is 2.60 bits per heavy atom. The van der Waals surface area contributed by atoms with Gasteiger partial charge >= 0.3 is 5.97 Å². The summed E-state index contributed by atoms with van der Waals surface area (Å²) in [4.78, 5) is 16.7. The van der Waals surface area contributed by atoms with E-state index in [0.717, 1.165) is 21.6 Å². The maximum atomic E-state index is 11.5. The van der Waals surface area contributed by atoms with Crippen molar-refractivity contribution >= 4 is 33.2 Å². The molecular weight excluding hydrogens is 278 g/mol. The Bertz CT molecular complexity index is 347. The van der Waals surface area contributed by atoms with Crippen molar-refractivity contribution in [2.45, 2.75) is 32.6 Å². The van der Waals surface area contributed by atoms with E-state index in [1.807, 2.05) is 0 Å². The fourth-order valence-electron chi connectivity index (χ4n) is 1.48. The van der Waals surface area contributed by atoms with Gasteiger partial charge in [0.1, 0.15) is 0 Å². The molecule has 0 saturated heterocycles. The molecule has 0 atom stereocenters.